The Labute approximate surface area is 183 Å². The van der Waals surface area contributed by atoms with Gasteiger partial charge in [-0.3, -0.25) is 14.4 Å². The number of esters is 1. The molecule has 0 N–H and O–H groups in total. The van der Waals surface area contributed by atoms with Crippen LogP contribution in [-0.2, 0) is 28.7 Å². The van der Waals surface area contributed by atoms with E-state index in [1.807, 2.05) is 6.92 Å². The summed E-state index contributed by atoms with van der Waals surface area (Å²) in [4.78, 5) is 38.1. The Balaban J connectivity index is 1.82. The number of hydroxylamine groups is 2. The van der Waals surface area contributed by atoms with Gasteiger partial charge in [0.05, 0.1) is 35.8 Å². The fourth-order valence-corrected chi connectivity index (χ4v) is 4.26. The maximum Gasteiger partial charge on any atom is 0.316 e. The van der Waals surface area contributed by atoms with E-state index in [0.29, 0.717) is 22.1 Å². The third-order valence-electron chi connectivity index (χ3n) is 4.58. The number of hydrogen-bond donors (Lipinski definition) is 0. The highest BCUT2D eigenvalue weighted by molar-refractivity contribution is 8.00. The van der Waals surface area contributed by atoms with E-state index in [2.05, 4.69) is 4.28 Å². The van der Waals surface area contributed by atoms with E-state index in [1.165, 1.54) is 23.9 Å². The van der Waals surface area contributed by atoms with Crippen molar-refractivity contribution in [2.45, 2.75) is 24.3 Å². The van der Waals surface area contributed by atoms with Crippen molar-refractivity contribution < 1.29 is 36.6 Å². The lowest BCUT2D eigenvalue weighted by Gasteiger charge is -2.25. The van der Waals surface area contributed by atoms with Crippen LogP contribution in [0.2, 0.25) is 0 Å². The Kier molecular flexibility index (Phi) is 6.99. The highest BCUT2D eigenvalue weighted by Crippen LogP contribution is 2.36. The second kappa shape index (κ2) is 9.35. The van der Waals surface area contributed by atoms with Gasteiger partial charge in [0.1, 0.15) is 0 Å². The van der Waals surface area contributed by atoms with Crippen LogP contribution in [0.3, 0.4) is 0 Å². The number of thioether (sulfide) groups is 1. The number of methoxy groups -OCH3 is 1. The van der Waals surface area contributed by atoms with Crippen LogP contribution in [0, 0.1) is 0 Å². The molecule has 2 aromatic carbocycles. The van der Waals surface area contributed by atoms with Gasteiger partial charge in [0, 0.05) is 23.8 Å². The van der Waals surface area contributed by atoms with Crippen molar-refractivity contribution in [3.8, 4) is 0 Å². The van der Waals surface area contributed by atoms with Crippen molar-refractivity contribution in [2.24, 2.45) is 0 Å². The average molecular weight is 468 g/mol. The molecule has 0 fully saturated rings. The third-order valence-corrected chi connectivity index (χ3v) is 6.04. The lowest BCUT2D eigenvalue weighted by Crippen LogP contribution is -2.41. The molecule has 31 heavy (non-hydrogen) atoms. The van der Waals surface area contributed by atoms with E-state index >= 15 is 0 Å². The molecule has 0 aromatic heterocycles. The molecule has 0 radical (unpaired) electrons. The molecule has 9 nitrogen and oxygen atoms in total. The number of carbonyl (C=O) groups excluding carboxylic acids is 3. The van der Waals surface area contributed by atoms with Crippen LogP contribution < -0.4 is 0 Å². The molecule has 0 bridgehead atoms. The second-order valence-corrected chi connectivity index (χ2v) is 9.44. The number of carbonyl (C=O) groups is 3. The predicted molar refractivity (Wildman–Crippen MR) is 113 cm³/mol. The van der Waals surface area contributed by atoms with Gasteiger partial charge < -0.3 is 9.47 Å². The Bertz CT molecular complexity index is 1120. The summed E-state index contributed by atoms with van der Waals surface area (Å²) in [6.07, 6.45) is 1.32. The minimum Gasteiger partial charge on any atom is -0.465 e. The number of imide groups is 1. The zero-order valence-corrected chi connectivity index (χ0v) is 18.7. The molecule has 1 unspecified atom stereocenters. The average Bonchev–Trinajstić information content (AvgIpc) is 2.72. The number of ether oxygens (including phenoxy) is 2. The van der Waals surface area contributed by atoms with E-state index in [0.717, 1.165) is 6.26 Å². The lowest BCUT2D eigenvalue weighted by molar-refractivity contribution is -0.141. The lowest BCUT2D eigenvalue weighted by atomic mass is 9.95. The van der Waals surface area contributed by atoms with E-state index in [9.17, 15) is 22.8 Å². The van der Waals surface area contributed by atoms with Gasteiger partial charge in [0.15, 0.2) is 0 Å². The van der Waals surface area contributed by atoms with Crippen molar-refractivity contribution >= 4 is 50.4 Å². The molecule has 2 amide bonds. The SMILES string of the molecule is COC(C)CCOC(=O)CSc1ccc2c3c(cccc13)C(=O)N(OS(C)(=O)=O)C2=O. The number of rotatable bonds is 9. The molecule has 11 heteroatoms. The van der Waals surface area contributed by atoms with Crippen LogP contribution in [0.15, 0.2) is 35.2 Å². The molecular formula is C20H21NO8S2. The van der Waals surface area contributed by atoms with Crippen LogP contribution in [0.5, 0.6) is 0 Å². The van der Waals surface area contributed by atoms with E-state index < -0.39 is 27.9 Å². The summed E-state index contributed by atoms with van der Waals surface area (Å²) in [5.41, 5.74) is 0.267. The first kappa shape index (κ1) is 23.2. The Morgan fingerprint density at radius 1 is 1.13 bits per heavy atom. The number of hydrogen-bond acceptors (Lipinski definition) is 9. The normalized spacial score (nSPS) is 14.7. The molecule has 1 aliphatic heterocycles. The highest BCUT2D eigenvalue weighted by atomic mass is 32.2. The summed E-state index contributed by atoms with van der Waals surface area (Å²) in [5.74, 6) is -2.09. The van der Waals surface area contributed by atoms with Gasteiger partial charge in [-0.15, -0.1) is 21.1 Å². The van der Waals surface area contributed by atoms with Gasteiger partial charge in [-0.05, 0) is 30.5 Å². The maximum atomic E-state index is 12.7. The molecule has 3 rings (SSSR count). The molecule has 1 aliphatic rings. The molecule has 0 saturated carbocycles. The van der Waals surface area contributed by atoms with Crippen molar-refractivity contribution in [1.82, 2.24) is 5.06 Å². The monoisotopic (exact) mass is 467 g/mol. The van der Waals surface area contributed by atoms with Crippen LogP contribution in [0.4, 0.5) is 0 Å². The topological polar surface area (TPSA) is 116 Å². The molecule has 0 aliphatic carbocycles. The molecule has 1 heterocycles. The minimum absolute atomic E-state index is 0.0118. The van der Waals surface area contributed by atoms with Gasteiger partial charge in [-0.25, -0.2) is 0 Å². The van der Waals surface area contributed by atoms with Gasteiger partial charge in [-0.1, -0.05) is 12.1 Å². The van der Waals surface area contributed by atoms with Crippen LogP contribution >= 0.6 is 11.8 Å². The molecule has 0 spiro atoms. The number of benzene rings is 2. The summed E-state index contributed by atoms with van der Waals surface area (Å²) in [6, 6.07) is 7.94. The van der Waals surface area contributed by atoms with Crippen molar-refractivity contribution in [3.63, 3.8) is 0 Å². The van der Waals surface area contributed by atoms with Gasteiger partial charge in [0.2, 0.25) is 0 Å². The Morgan fingerprint density at radius 3 is 2.45 bits per heavy atom. The molecule has 166 valence electrons. The summed E-state index contributed by atoms with van der Waals surface area (Å²) in [5, 5.41) is 1.23. The zero-order chi connectivity index (χ0) is 22.8. The third kappa shape index (κ3) is 5.24. The van der Waals surface area contributed by atoms with Gasteiger partial charge in [0.25, 0.3) is 21.9 Å². The maximum absolute atomic E-state index is 12.7. The zero-order valence-electron chi connectivity index (χ0n) is 17.1. The fourth-order valence-electron chi connectivity index (χ4n) is 3.01. The first-order chi connectivity index (χ1) is 14.6. The minimum atomic E-state index is -4.08. The van der Waals surface area contributed by atoms with Gasteiger partial charge in [-0.2, -0.15) is 8.42 Å². The Morgan fingerprint density at radius 2 is 1.81 bits per heavy atom. The Hall–Kier alpha value is -2.47. The van der Waals surface area contributed by atoms with E-state index in [1.54, 1.807) is 25.3 Å². The summed E-state index contributed by atoms with van der Waals surface area (Å²) in [7, 11) is -2.50. The number of nitrogens with zero attached hydrogens (tertiary/aromatic N) is 1. The standard InChI is InChI=1S/C20H21NO8S2/c1-12(27-2)9-10-28-17(22)11-30-16-8-7-15-18-13(16)5-4-6-14(18)19(23)21(20(15)24)29-31(3,25)26/h4-8,12H,9-11H2,1-3H3. The van der Waals surface area contributed by atoms with Gasteiger partial charge >= 0.3 is 5.97 Å². The first-order valence-corrected chi connectivity index (χ1v) is 12.1. The van der Waals surface area contributed by atoms with E-state index in [4.69, 9.17) is 9.47 Å². The largest absolute Gasteiger partial charge is 0.465 e. The van der Waals surface area contributed by atoms with Crippen molar-refractivity contribution in [2.75, 3.05) is 25.7 Å². The summed E-state index contributed by atoms with van der Waals surface area (Å²) >= 11 is 1.22. The molecule has 0 saturated heterocycles. The predicted octanol–water partition coefficient (Wildman–Crippen LogP) is 2.39. The molecule has 2 aromatic rings. The van der Waals surface area contributed by atoms with Crippen LogP contribution in [0.1, 0.15) is 34.1 Å². The van der Waals surface area contributed by atoms with Crippen molar-refractivity contribution in [1.29, 1.82) is 0 Å². The van der Waals surface area contributed by atoms with Crippen molar-refractivity contribution in [3.05, 3.63) is 41.5 Å². The smallest absolute Gasteiger partial charge is 0.316 e. The molecule has 1 atom stereocenters. The van der Waals surface area contributed by atoms with Crippen LogP contribution in [-0.4, -0.2) is 63.1 Å². The summed E-state index contributed by atoms with van der Waals surface area (Å²) in [6.45, 7) is 2.12. The van der Waals surface area contributed by atoms with Crippen LogP contribution in [0.25, 0.3) is 10.8 Å². The van der Waals surface area contributed by atoms with E-state index in [-0.39, 0.29) is 34.7 Å². The second-order valence-electron chi connectivity index (χ2n) is 6.87. The number of amides is 2. The quantitative estimate of drug-likeness (QED) is 0.311. The molecular weight excluding hydrogens is 446 g/mol. The summed E-state index contributed by atoms with van der Waals surface area (Å²) < 4.78 is 37.8. The highest BCUT2D eigenvalue weighted by Gasteiger charge is 2.36. The first-order valence-electron chi connectivity index (χ1n) is 9.27. The fraction of sp³-hybridized carbons (Fsp3) is 0.350.